The zero-order valence-corrected chi connectivity index (χ0v) is 14.1. The minimum Gasteiger partial charge on any atom is -0.483 e. The average molecular weight is 355 g/mol. The van der Waals surface area contributed by atoms with Crippen LogP contribution >= 0.6 is 15.9 Å². The van der Waals surface area contributed by atoms with Crippen molar-refractivity contribution in [1.29, 1.82) is 0 Å². The van der Waals surface area contributed by atoms with Crippen LogP contribution in [-0.2, 0) is 15.9 Å². The molecule has 0 aliphatic carbocycles. The monoisotopic (exact) mass is 354 g/mol. The Kier molecular flexibility index (Phi) is 4.48. The molecule has 0 radical (unpaired) electrons. The molecule has 0 amide bonds. The van der Waals surface area contributed by atoms with Crippen molar-refractivity contribution in [2.24, 2.45) is 9.98 Å². The zero-order valence-electron chi connectivity index (χ0n) is 14.5. The Morgan fingerprint density at radius 3 is 2.57 bits per heavy atom. The number of ether oxygens (including phenoxy) is 2. The number of methoxy groups -OCH3 is 2. The summed E-state index contributed by atoms with van der Waals surface area (Å²) >= 11 is 3.01. The highest BCUT2D eigenvalue weighted by Gasteiger charge is 2.38. The number of hydrogen-bond donors (Lipinski definition) is 0. The molecule has 0 saturated carbocycles. The van der Waals surface area contributed by atoms with Gasteiger partial charge in [0.25, 0.3) is 0 Å². The summed E-state index contributed by atoms with van der Waals surface area (Å²) in [5.41, 5.74) is 0.449. The fourth-order valence-corrected chi connectivity index (χ4v) is 2.78. The summed E-state index contributed by atoms with van der Waals surface area (Å²) in [6.07, 6.45) is 0.745. The van der Waals surface area contributed by atoms with Gasteiger partial charge in [-0.15, -0.1) is 0 Å². The number of nitrogens with zero attached hydrogens (tertiary/aromatic N) is 2. The molecular weight excluding hydrogens is 332 g/mol. The number of benzene rings is 1. The van der Waals surface area contributed by atoms with Gasteiger partial charge in [-0.3, -0.25) is 0 Å². The van der Waals surface area contributed by atoms with Crippen molar-refractivity contribution in [3.63, 3.8) is 0 Å². The van der Waals surface area contributed by atoms with Crippen LogP contribution in [0, 0.1) is 0 Å². The van der Waals surface area contributed by atoms with Gasteiger partial charge in [-0.1, -0.05) is 46.3 Å². The lowest BCUT2D eigenvalue weighted by molar-refractivity contribution is 0.320. The number of rotatable bonds is 4. The Morgan fingerprint density at radius 1 is 1.29 bits per heavy atom. The molecule has 1 aliphatic heterocycles. The van der Waals surface area contributed by atoms with Gasteiger partial charge in [0.15, 0.2) is 0 Å². The number of halogens is 1. The molecule has 1 aromatic carbocycles. The molecule has 1 heterocycles. The highest BCUT2D eigenvalue weighted by atomic mass is 79.9. The summed E-state index contributed by atoms with van der Waals surface area (Å²) in [5.74, 6) is 0.913. The fraction of sp³-hybridized carbons (Fsp3) is 0.500. The first kappa shape index (κ1) is 13.3. The third-order valence-electron chi connectivity index (χ3n) is 3.44. The number of alkyl halides is 1. The van der Waals surface area contributed by atoms with Crippen LogP contribution in [0.15, 0.2) is 40.3 Å². The van der Waals surface area contributed by atoms with E-state index in [2.05, 4.69) is 20.9 Å². The van der Waals surface area contributed by atoms with Gasteiger partial charge in [-0.25, -0.2) is 9.98 Å². The zero-order chi connectivity index (χ0) is 17.1. The van der Waals surface area contributed by atoms with Crippen LogP contribution in [0.25, 0.3) is 0 Å². The molecule has 0 fully saturated rings. The minimum absolute atomic E-state index is 0.119. The number of hydrogen-bond acceptors (Lipinski definition) is 4. The number of aliphatic imine (C=N–C) groups is 2. The molecule has 0 spiro atoms. The fourth-order valence-electron chi connectivity index (χ4n) is 2.47. The van der Waals surface area contributed by atoms with Gasteiger partial charge >= 0.3 is 0 Å². The second-order valence-electron chi connectivity index (χ2n) is 5.08. The predicted molar refractivity (Wildman–Crippen MR) is 89.6 cm³/mol. The van der Waals surface area contributed by atoms with Gasteiger partial charge in [0.1, 0.15) is 11.6 Å². The topological polar surface area (TPSA) is 43.2 Å². The van der Waals surface area contributed by atoms with Crippen LogP contribution < -0.4 is 0 Å². The molecule has 0 N–H and O–H groups in total. The van der Waals surface area contributed by atoms with Gasteiger partial charge in [-0.2, -0.15) is 0 Å². The van der Waals surface area contributed by atoms with Gasteiger partial charge in [-0.05, 0) is 18.9 Å². The van der Waals surface area contributed by atoms with Crippen molar-refractivity contribution in [3.05, 3.63) is 35.9 Å². The molecule has 2 atom stereocenters. The largest absolute Gasteiger partial charge is 0.483 e. The molecule has 0 bridgehead atoms. The highest BCUT2D eigenvalue weighted by molar-refractivity contribution is 9.09. The molecule has 21 heavy (non-hydrogen) atoms. The van der Waals surface area contributed by atoms with Crippen LogP contribution in [-0.4, -0.2) is 42.9 Å². The molecule has 4 nitrogen and oxygen atoms in total. The van der Waals surface area contributed by atoms with Crippen LogP contribution in [0.4, 0.5) is 0 Å². The summed E-state index contributed by atoms with van der Waals surface area (Å²) in [6.45, 7) is 1.94. The first-order chi connectivity index (χ1) is 10.8. The van der Waals surface area contributed by atoms with E-state index in [1.165, 1.54) is 7.11 Å². The quantitative estimate of drug-likeness (QED) is 0.779. The molecule has 0 unspecified atom stereocenters. The van der Waals surface area contributed by atoms with Crippen molar-refractivity contribution in [2.45, 2.75) is 31.3 Å². The normalized spacial score (nSPS) is 27.1. The Bertz CT molecular complexity index is 602. The summed E-state index contributed by atoms with van der Waals surface area (Å²) in [5, 5.41) is -1.55. The lowest BCUT2D eigenvalue weighted by Crippen LogP contribution is -2.44. The molecule has 114 valence electrons. The van der Waals surface area contributed by atoms with E-state index in [0.29, 0.717) is 18.2 Å². The maximum absolute atomic E-state index is 7.70. The smallest absolute Gasteiger partial charge is 0.212 e. The summed E-state index contributed by atoms with van der Waals surface area (Å²) in [6, 6.07) is 9.49. The maximum atomic E-state index is 7.70. The molecule has 0 saturated heterocycles. The van der Waals surface area contributed by atoms with E-state index in [1.807, 2.05) is 37.3 Å². The van der Waals surface area contributed by atoms with Crippen molar-refractivity contribution >= 4 is 27.7 Å². The second-order valence-corrected chi connectivity index (χ2v) is 5.64. The minimum atomic E-state index is -1.55. The van der Waals surface area contributed by atoms with Crippen molar-refractivity contribution in [2.75, 3.05) is 19.5 Å². The van der Waals surface area contributed by atoms with E-state index in [0.717, 1.165) is 5.56 Å². The van der Waals surface area contributed by atoms with E-state index in [1.54, 1.807) is 7.11 Å². The summed E-state index contributed by atoms with van der Waals surface area (Å²) in [7, 11) is 3.10. The van der Waals surface area contributed by atoms with E-state index < -0.39 is 16.9 Å². The SMILES string of the molecule is [2H]C([2H])(Br)C[C@H]1N=C(OC)[C@@](C)(Cc2ccccc2)N=C1OC. The third-order valence-corrected chi connectivity index (χ3v) is 3.76. The van der Waals surface area contributed by atoms with Gasteiger partial charge in [0.05, 0.1) is 14.2 Å². The second kappa shape index (κ2) is 7.07. The van der Waals surface area contributed by atoms with Crippen molar-refractivity contribution in [3.8, 4) is 0 Å². The molecular formula is C16H21BrN2O2. The van der Waals surface area contributed by atoms with Crippen molar-refractivity contribution < 1.29 is 12.2 Å². The Hall–Kier alpha value is -1.36. The van der Waals surface area contributed by atoms with E-state index in [4.69, 9.17) is 17.2 Å². The van der Waals surface area contributed by atoms with Crippen LogP contribution in [0.3, 0.4) is 0 Å². The van der Waals surface area contributed by atoms with Crippen LogP contribution in [0.2, 0.25) is 0 Å². The summed E-state index contributed by atoms with van der Waals surface area (Å²) in [4.78, 5) is 9.25. The molecule has 0 aromatic heterocycles. The Labute approximate surface area is 137 Å². The average Bonchev–Trinajstić information content (AvgIpc) is 2.48. The van der Waals surface area contributed by atoms with Crippen LogP contribution in [0.1, 0.15) is 21.6 Å². The van der Waals surface area contributed by atoms with E-state index in [-0.39, 0.29) is 6.42 Å². The predicted octanol–water partition coefficient (Wildman–Crippen LogP) is 3.24. The van der Waals surface area contributed by atoms with E-state index in [9.17, 15) is 0 Å². The first-order valence-corrected chi connectivity index (χ1v) is 7.55. The van der Waals surface area contributed by atoms with Gasteiger partial charge in [0.2, 0.25) is 11.8 Å². The molecule has 1 aliphatic rings. The summed E-state index contributed by atoms with van der Waals surface area (Å²) < 4.78 is 26.2. The Balaban J connectivity index is 2.33. The third kappa shape index (κ3) is 3.64. The highest BCUT2D eigenvalue weighted by Crippen LogP contribution is 2.26. The maximum Gasteiger partial charge on any atom is 0.212 e. The Morgan fingerprint density at radius 2 is 2.00 bits per heavy atom. The lowest BCUT2D eigenvalue weighted by Gasteiger charge is -2.32. The molecule has 1 aromatic rings. The van der Waals surface area contributed by atoms with Crippen molar-refractivity contribution in [1.82, 2.24) is 0 Å². The first-order valence-electron chi connectivity index (χ1n) is 7.76. The van der Waals surface area contributed by atoms with Gasteiger partial charge < -0.3 is 9.47 Å². The van der Waals surface area contributed by atoms with Crippen LogP contribution in [0.5, 0.6) is 0 Å². The standard InChI is InChI=1S/C16H21BrN2O2/c1-16(11-12-7-5-4-6-8-12)15(21-3)18-13(9-10-17)14(19-16)20-2/h4-8,13H,9-11H2,1-3H3/t13-,16-/m1/s1/i10D2. The van der Waals surface area contributed by atoms with E-state index >= 15 is 0 Å². The molecule has 2 rings (SSSR count). The van der Waals surface area contributed by atoms with Gasteiger partial charge in [0, 0.05) is 14.4 Å². The lowest BCUT2D eigenvalue weighted by atomic mass is 9.91. The molecule has 5 heteroatoms.